The highest BCUT2D eigenvalue weighted by Crippen LogP contribution is 2.38. The van der Waals surface area contributed by atoms with Crippen LogP contribution in [0.2, 0.25) is 5.15 Å². The number of alkyl halides is 3. The number of hydrogen-bond donors (Lipinski definition) is 1. The van der Waals surface area contributed by atoms with Gasteiger partial charge in [0.2, 0.25) is 5.91 Å². The lowest BCUT2D eigenvalue weighted by molar-refractivity contribution is -0.274. The van der Waals surface area contributed by atoms with Gasteiger partial charge in [0, 0.05) is 36.3 Å². The molecule has 206 valence electrons. The highest BCUT2D eigenvalue weighted by Gasteiger charge is 2.35. The molecule has 0 saturated heterocycles. The van der Waals surface area contributed by atoms with E-state index in [0.29, 0.717) is 47.6 Å². The van der Waals surface area contributed by atoms with Gasteiger partial charge in [0.15, 0.2) is 0 Å². The summed E-state index contributed by atoms with van der Waals surface area (Å²) >= 11 is 6.59. The highest BCUT2D eigenvalue weighted by atomic mass is 35.5. The molecule has 0 fully saturated rings. The third-order valence-corrected chi connectivity index (χ3v) is 6.36. The van der Waals surface area contributed by atoms with E-state index in [1.807, 2.05) is 19.1 Å². The van der Waals surface area contributed by atoms with Crippen LogP contribution < -0.4 is 9.47 Å². The lowest BCUT2D eigenvalue weighted by Gasteiger charge is -2.23. The van der Waals surface area contributed by atoms with Gasteiger partial charge in [-0.15, -0.1) is 13.2 Å². The van der Waals surface area contributed by atoms with Gasteiger partial charge in [-0.05, 0) is 67.8 Å². The number of aromatic nitrogens is 1. The molecule has 1 amide bonds. The third kappa shape index (κ3) is 7.17. The fourth-order valence-corrected chi connectivity index (χ4v) is 4.57. The normalized spacial score (nSPS) is 15.4. The lowest BCUT2D eigenvalue weighted by Crippen LogP contribution is -2.27. The molecule has 1 aliphatic heterocycles. The maximum atomic E-state index is 13.2. The number of carbonyl (C=O) groups excluding carboxylic acids is 1. The minimum absolute atomic E-state index is 0.0538. The van der Waals surface area contributed by atoms with Gasteiger partial charge in [-0.1, -0.05) is 11.6 Å². The Morgan fingerprint density at radius 2 is 1.77 bits per heavy atom. The molecule has 2 heterocycles. The van der Waals surface area contributed by atoms with Crippen molar-refractivity contribution in [2.45, 2.75) is 51.4 Å². The Balaban J connectivity index is 1.63. The molecular formula is C27H25ClF3N3O5. The van der Waals surface area contributed by atoms with Crippen molar-refractivity contribution in [1.29, 1.82) is 0 Å². The number of carboxylic acid groups (broad SMARTS) is 1. The van der Waals surface area contributed by atoms with E-state index < -0.39 is 18.4 Å². The summed E-state index contributed by atoms with van der Waals surface area (Å²) in [6, 6.07) is 11.8. The molecule has 1 N–H and O–H groups in total. The fraction of sp³-hybridized carbons (Fsp3) is 0.333. The van der Waals surface area contributed by atoms with Crippen molar-refractivity contribution in [2.24, 2.45) is 5.10 Å². The first kappa shape index (κ1) is 28.2. The summed E-state index contributed by atoms with van der Waals surface area (Å²) in [5, 5.41) is 15.6. The monoisotopic (exact) mass is 563 g/mol. The molecule has 1 aliphatic rings. The fourth-order valence-electron chi connectivity index (χ4n) is 4.30. The van der Waals surface area contributed by atoms with Gasteiger partial charge in [-0.2, -0.15) is 5.10 Å². The zero-order valence-corrected chi connectivity index (χ0v) is 21.6. The highest BCUT2D eigenvalue weighted by molar-refractivity contribution is 6.30. The summed E-state index contributed by atoms with van der Waals surface area (Å²) in [5.74, 6) is -1.01. The molecule has 8 nitrogen and oxygen atoms in total. The number of aliphatic carboxylic acids is 1. The predicted molar refractivity (Wildman–Crippen MR) is 138 cm³/mol. The number of ether oxygens (including phenoxy) is 2. The van der Waals surface area contributed by atoms with Gasteiger partial charge in [-0.3, -0.25) is 9.59 Å². The van der Waals surface area contributed by atoms with Crippen LogP contribution in [0.3, 0.4) is 0 Å². The SMILES string of the molecule is CCOc1ccc2cc(C3CC(c4ccc(OC(F)(F)F)cc4)=NN3C(=O)CCCCC(=O)O)c(Cl)nc2c1. The molecule has 39 heavy (non-hydrogen) atoms. The van der Waals surface area contributed by atoms with Gasteiger partial charge in [-0.25, -0.2) is 9.99 Å². The first-order valence-electron chi connectivity index (χ1n) is 12.2. The Bertz CT molecular complexity index is 1400. The number of carboxylic acids is 1. The summed E-state index contributed by atoms with van der Waals surface area (Å²) in [5.41, 5.74) is 2.16. The number of pyridine rings is 1. The number of fused-ring (bicyclic) bond motifs is 1. The number of halogens is 4. The average molecular weight is 564 g/mol. The van der Waals surface area contributed by atoms with Gasteiger partial charge in [0.25, 0.3) is 0 Å². The van der Waals surface area contributed by atoms with Crippen molar-refractivity contribution in [3.8, 4) is 11.5 Å². The number of unbranched alkanes of at least 4 members (excludes halogenated alkanes) is 1. The van der Waals surface area contributed by atoms with Gasteiger partial charge >= 0.3 is 12.3 Å². The van der Waals surface area contributed by atoms with Crippen molar-refractivity contribution < 1.29 is 37.3 Å². The Hall–Kier alpha value is -3.86. The van der Waals surface area contributed by atoms with Crippen molar-refractivity contribution in [1.82, 2.24) is 9.99 Å². The molecule has 1 atom stereocenters. The standard InChI is InChI=1S/C27H25ClF3N3O5/c1-2-38-19-12-9-17-13-20(26(28)32-21(17)14-19)23-15-22(16-7-10-18(11-8-16)39-27(29,30)31)33-34(23)24(35)5-3-4-6-25(36)37/h7-14,23H,2-6,15H2,1H3,(H,36,37). The van der Waals surface area contributed by atoms with Crippen LogP contribution in [-0.2, 0) is 9.59 Å². The second-order valence-electron chi connectivity index (χ2n) is 8.83. The van der Waals surface area contributed by atoms with E-state index >= 15 is 0 Å². The van der Waals surface area contributed by atoms with Crippen molar-refractivity contribution in [3.63, 3.8) is 0 Å². The number of amides is 1. The van der Waals surface area contributed by atoms with Crippen molar-refractivity contribution in [2.75, 3.05) is 6.61 Å². The zero-order chi connectivity index (χ0) is 28.2. The van der Waals surface area contributed by atoms with E-state index in [1.165, 1.54) is 29.3 Å². The van der Waals surface area contributed by atoms with Crippen LogP contribution in [0, 0.1) is 0 Å². The van der Waals surface area contributed by atoms with Crippen LogP contribution in [-0.4, -0.2) is 45.7 Å². The Morgan fingerprint density at radius 1 is 1.08 bits per heavy atom. The first-order chi connectivity index (χ1) is 18.5. The number of nitrogens with zero attached hydrogens (tertiary/aromatic N) is 3. The molecule has 1 aromatic heterocycles. The molecule has 4 rings (SSSR count). The van der Waals surface area contributed by atoms with Gasteiger partial charge in [0.1, 0.15) is 16.7 Å². The number of carbonyl (C=O) groups is 2. The quantitative estimate of drug-likeness (QED) is 0.223. The van der Waals surface area contributed by atoms with E-state index in [0.717, 1.165) is 5.39 Å². The molecule has 0 bridgehead atoms. The van der Waals surface area contributed by atoms with E-state index in [-0.39, 0.29) is 36.1 Å². The second kappa shape index (κ2) is 11.9. The molecule has 0 radical (unpaired) electrons. The van der Waals surface area contributed by atoms with E-state index in [2.05, 4.69) is 14.8 Å². The second-order valence-corrected chi connectivity index (χ2v) is 9.19. The number of hydrogen-bond acceptors (Lipinski definition) is 6. The van der Waals surface area contributed by atoms with Crippen LogP contribution >= 0.6 is 11.6 Å². The van der Waals surface area contributed by atoms with Gasteiger partial charge < -0.3 is 14.6 Å². The molecule has 2 aromatic carbocycles. The van der Waals surface area contributed by atoms with Crippen molar-refractivity contribution >= 4 is 40.1 Å². The Labute approximate surface area is 227 Å². The molecular weight excluding hydrogens is 539 g/mol. The Morgan fingerprint density at radius 3 is 2.44 bits per heavy atom. The molecule has 1 unspecified atom stereocenters. The molecule has 0 saturated carbocycles. The summed E-state index contributed by atoms with van der Waals surface area (Å²) in [4.78, 5) is 28.5. The van der Waals surface area contributed by atoms with E-state index in [4.69, 9.17) is 21.4 Å². The molecule has 0 spiro atoms. The zero-order valence-electron chi connectivity index (χ0n) is 20.9. The van der Waals surface area contributed by atoms with Crippen LogP contribution in [0.15, 0.2) is 53.6 Å². The Kier molecular flexibility index (Phi) is 8.59. The van der Waals surface area contributed by atoms with Crippen LogP contribution in [0.5, 0.6) is 11.5 Å². The summed E-state index contributed by atoms with van der Waals surface area (Å²) in [7, 11) is 0. The first-order valence-corrected chi connectivity index (χ1v) is 12.6. The minimum atomic E-state index is -4.81. The number of benzene rings is 2. The minimum Gasteiger partial charge on any atom is -0.494 e. The predicted octanol–water partition coefficient (Wildman–Crippen LogP) is 6.51. The van der Waals surface area contributed by atoms with Crippen LogP contribution in [0.4, 0.5) is 13.2 Å². The topological polar surface area (TPSA) is 101 Å². The summed E-state index contributed by atoms with van der Waals surface area (Å²) < 4.78 is 47.1. The lowest BCUT2D eigenvalue weighted by atomic mass is 9.98. The molecule has 12 heteroatoms. The van der Waals surface area contributed by atoms with Crippen LogP contribution in [0.1, 0.15) is 56.2 Å². The smallest absolute Gasteiger partial charge is 0.494 e. The average Bonchev–Trinajstić information content (AvgIpc) is 3.31. The van der Waals surface area contributed by atoms with E-state index in [1.54, 1.807) is 12.1 Å². The van der Waals surface area contributed by atoms with Crippen molar-refractivity contribution in [3.05, 3.63) is 64.8 Å². The maximum absolute atomic E-state index is 13.2. The molecule has 3 aromatic rings. The molecule has 0 aliphatic carbocycles. The van der Waals surface area contributed by atoms with Gasteiger partial charge in [0.05, 0.1) is 23.9 Å². The number of rotatable bonds is 10. The largest absolute Gasteiger partial charge is 0.573 e. The summed E-state index contributed by atoms with van der Waals surface area (Å²) in [6.45, 7) is 2.36. The maximum Gasteiger partial charge on any atom is 0.573 e. The van der Waals surface area contributed by atoms with Crippen LogP contribution in [0.25, 0.3) is 10.9 Å². The number of hydrazone groups is 1. The van der Waals surface area contributed by atoms with E-state index in [9.17, 15) is 22.8 Å². The summed E-state index contributed by atoms with van der Waals surface area (Å²) in [6.07, 6.45) is -3.88. The third-order valence-electron chi connectivity index (χ3n) is 6.06.